The van der Waals surface area contributed by atoms with Gasteiger partial charge in [0.05, 0.1) is 11.0 Å². The Morgan fingerprint density at radius 1 is 1.29 bits per heavy atom. The van der Waals surface area contributed by atoms with Crippen molar-refractivity contribution in [1.29, 1.82) is 0 Å². The molecule has 0 saturated heterocycles. The molecule has 3 rings (SSSR count). The maximum Gasteiger partial charge on any atom is 0.107 e. The SMILES string of the molecule is CC(C)NC1CC(C)(CCc2nc3ccc(C(C)(C)C)cc3[nH]2)C1. The van der Waals surface area contributed by atoms with E-state index in [1.54, 1.807) is 0 Å². The Morgan fingerprint density at radius 3 is 2.62 bits per heavy atom. The number of nitrogens with one attached hydrogen (secondary N) is 2. The fraction of sp³-hybridized carbons (Fsp3) is 0.667. The van der Waals surface area contributed by atoms with Crippen molar-refractivity contribution >= 4 is 11.0 Å². The maximum absolute atomic E-state index is 4.79. The van der Waals surface area contributed by atoms with Gasteiger partial charge in [-0.2, -0.15) is 0 Å². The van der Waals surface area contributed by atoms with E-state index in [2.05, 4.69) is 70.0 Å². The number of aromatic amines is 1. The summed E-state index contributed by atoms with van der Waals surface area (Å²) < 4.78 is 0. The molecule has 1 aromatic heterocycles. The molecule has 3 nitrogen and oxygen atoms in total. The van der Waals surface area contributed by atoms with Crippen molar-refractivity contribution in [3.63, 3.8) is 0 Å². The number of imidazole rings is 1. The summed E-state index contributed by atoms with van der Waals surface area (Å²) in [6.45, 7) is 13.6. The first-order chi connectivity index (χ1) is 11.1. The van der Waals surface area contributed by atoms with Crippen molar-refractivity contribution in [2.75, 3.05) is 0 Å². The van der Waals surface area contributed by atoms with Crippen molar-refractivity contribution in [3.05, 3.63) is 29.6 Å². The van der Waals surface area contributed by atoms with E-state index in [-0.39, 0.29) is 5.41 Å². The van der Waals surface area contributed by atoms with E-state index in [1.807, 2.05) is 0 Å². The number of hydrogen-bond donors (Lipinski definition) is 2. The smallest absolute Gasteiger partial charge is 0.107 e. The number of rotatable bonds is 5. The van der Waals surface area contributed by atoms with Gasteiger partial charge in [0.1, 0.15) is 5.82 Å². The number of benzene rings is 1. The minimum absolute atomic E-state index is 0.178. The van der Waals surface area contributed by atoms with Crippen molar-refractivity contribution in [2.45, 2.75) is 84.7 Å². The first kappa shape index (κ1) is 17.5. The van der Waals surface area contributed by atoms with E-state index in [1.165, 1.54) is 30.3 Å². The van der Waals surface area contributed by atoms with Crippen LogP contribution in [0.15, 0.2) is 18.2 Å². The standard InChI is InChI=1S/C21H33N3/c1-14(2)22-16-12-21(6,13-16)10-9-19-23-17-8-7-15(20(3,4)5)11-18(17)24-19/h7-8,11,14,16,22H,9-10,12-13H2,1-6H3,(H,23,24). The van der Waals surface area contributed by atoms with Gasteiger partial charge in [-0.3, -0.25) is 0 Å². The lowest BCUT2D eigenvalue weighted by Gasteiger charge is -2.46. The van der Waals surface area contributed by atoms with Gasteiger partial charge in [-0.05, 0) is 47.8 Å². The summed E-state index contributed by atoms with van der Waals surface area (Å²) in [5.74, 6) is 1.14. The van der Waals surface area contributed by atoms with Crippen LogP contribution < -0.4 is 5.32 Å². The van der Waals surface area contributed by atoms with Crippen LogP contribution in [0.1, 0.15) is 72.2 Å². The Labute approximate surface area is 146 Å². The third-order valence-corrected chi connectivity index (χ3v) is 5.41. The minimum Gasteiger partial charge on any atom is -0.342 e. The molecule has 0 radical (unpaired) electrons. The molecular formula is C21H33N3. The molecule has 1 saturated carbocycles. The highest BCUT2D eigenvalue weighted by Crippen LogP contribution is 2.44. The van der Waals surface area contributed by atoms with Crippen LogP contribution in [0.25, 0.3) is 11.0 Å². The summed E-state index contributed by atoms with van der Waals surface area (Å²) in [7, 11) is 0. The molecule has 0 aliphatic heterocycles. The molecule has 0 atom stereocenters. The van der Waals surface area contributed by atoms with Crippen LogP contribution in [-0.4, -0.2) is 22.1 Å². The first-order valence-electron chi connectivity index (χ1n) is 9.40. The van der Waals surface area contributed by atoms with Crippen LogP contribution in [-0.2, 0) is 11.8 Å². The molecule has 2 N–H and O–H groups in total. The van der Waals surface area contributed by atoms with Crippen molar-refractivity contribution in [1.82, 2.24) is 15.3 Å². The number of H-pyrrole nitrogens is 1. The maximum atomic E-state index is 4.79. The lowest BCUT2D eigenvalue weighted by atomic mass is 9.64. The second-order valence-corrected chi connectivity index (χ2v) is 9.40. The molecule has 1 fully saturated rings. The van der Waals surface area contributed by atoms with Crippen molar-refractivity contribution in [2.24, 2.45) is 5.41 Å². The van der Waals surface area contributed by atoms with Crippen molar-refractivity contribution in [3.8, 4) is 0 Å². The molecule has 0 spiro atoms. The third kappa shape index (κ3) is 3.83. The molecule has 1 aliphatic carbocycles. The van der Waals surface area contributed by atoms with E-state index >= 15 is 0 Å². The van der Waals surface area contributed by atoms with Crippen LogP contribution in [0, 0.1) is 5.41 Å². The van der Waals surface area contributed by atoms with Gasteiger partial charge in [0.25, 0.3) is 0 Å². The molecule has 1 heterocycles. The Morgan fingerprint density at radius 2 is 2.00 bits per heavy atom. The quantitative estimate of drug-likeness (QED) is 0.815. The Kier molecular flexibility index (Phi) is 4.50. The van der Waals surface area contributed by atoms with E-state index in [0.29, 0.717) is 17.5 Å². The molecule has 3 heteroatoms. The molecule has 132 valence electrons. The van der Waals surface area contributed by atoms with Gasteiger partial charge in [0.15, 0.2) is 0 Å². The largest absolute Gasteiger partial charge is 0.342 e. The van der Waals surface area contributed by atoms with Gasteiger partial charge in [-0.1, -0.05) is 47.6 Å². The zero-order valence-electron chi connectivity index (χ0n) is 16.2. The monoisotopic (exact) mass is 327 g/mol. The summed E-state index contributed by atoms with van der Waals surface area (Å²) in [6, 6.07) is 7.93. The molecule has 1 aliphatic rings. The van der Waals surface area contributed by atoms with Crippen LogP contribution in [0.3, 0.4) is 0 Å². The topological polar surface area (TPSA) is 40.7 Å². The van der Waals surface area contributed by atoms with Gasteiger partial charge in [0.2, 0.25) is 0 Å². The molecule has 0 unspecified atom stereocenters. The van der Waals surface area contributed by atoms with E-state index in [0.717, 1.165) is 17.8 Å². The predicted octanol–water partition coefficient (Wildman–Crippen LogP) is 4.96. The number of aryl methyl sites for hydroxylation is 1. The summed E-state index contributed by atoms with van der Waals surface area (Å²) >= 11 is 0. The summed E-state index contributed by atoms with van der Waals surface area (Å²) in [4.78, 5) is 8.34. The molecule has 2 aromatic rings. The average molecular weight is 328 g/mol. The number of aromatic nitrogens is 2. The van der Waals surface area contributed by atoms with E-state index in [9.17, 15) is 0 Å². The van der Waals surface area contributed by atoms with Gasteiger partial charge in [-0.25, -0.2) is 4.98 Å². The summed E-state index contributed by atoms with van der Waals surface area (Å²) in [5.41, 5.74) is 4.28. The van der Waals surface area contributed by atoms with Crippen LogP contribution in [0.4, 0.5) is 0 Å². The van der Waals surface area contributed by atoms with E-state index < -0.39 is 0 Å². The highest BCUT2D eigenvalue weighted by atomic mass is 15.0. The molecule has 0 bridgehead atoms. The zero-order valence-corrected chi connectivity index (χ0v) is 16.2. The third-order valence-electron chi connectivity index (χ3n) is 5.41. The highest BCUT2D eigenvalue weighted by Gasteiger charge is 2.39. The fourth-order valence-corrected chi connectivity index (χ4v) is 3.99. The Balaban J connectivity index is 1.62. The molecule has 0 amide bonds. The predicted molar refractivity (Wildman–Crippen MR) is 103 cm³/mol. The van der Waals surface area contributed by atoms with Crippen molar-refractivity contribution < 1.29 is 0 Å². The fourth-order valence-electron chi connectivity index (χ4n) is 3.99. The van der Waals surface area contributed by atoms with Gasteiger partial charge >= 0.3 is 0 Å². The number of nitrogens with zero attached hydrogens (tertiary/aromatic N) is 1. The van der Waals surface area contributed by atoms with Gasteiger partial charge < -0.3 is 10.3 Å². The van der Waals surface area contributed by atoms with Gasteiger partial charge in [-0.15, -0.1) is 0 Å². The van der Waals surface area contributed by atoms with Crippen LogP contribution >= 0.6 is 0 Å². The number of hydrogen-bond acceptors (Lipinski definition) is 2. The Bertz CT molecular complexity index is 699. The van der Waals surface area contributed by atoms with E-state index in [4.69, 9.17) is 4.98 Å². The van der Waals surface area contributed by atoms with Crippen LogP contribution in [0.5, 0.6) is 0 Å². The molecule has 24 heavy (non-hydrogen) atoms. The number of fused-ring (bicyclic) bond motifs is 1. The second kappa shape index (κ2) is 6.18. The average Bonchev–Trinajstić information content (AvgIpc) is 2.84. The Hall–Kier alpha value is -1.35. The lowest BCUT2D eigenvalue weighted by molar-refractivity contribution is 0.0876. The zero-order chi connectivity index (χ0) is 17.5. The normalized spacial score (nSPS) is 24.5. The summed E-state index contributed by atoms with van der Waals surface area (Å²) in [6.07, 6.45) is 4.85. The van der Waals surface area contributed by atoms with Gasteiger partial charge in [0, 0.05) is 18.5 Å². The highest BCUT2D eigenvalue weighted by molar-refractivity contribution is 5.76. The summed E-state index contributed by atoms with van der Waals surface area (Å²) in [5, 5.41) is 3.65. The molecule has 1 aromatic carbocycles. The van der Waals surface area contributed by atoms with Crippen LogP contribution in [0.2, 0.25) is 0 Å². The lowest BCUT2D eigenvalue weighted by Crippen LogP contribution is -2.49. The second-order valence-electron chi connectivity index (χ2n) is 9.40. The first-order valence-corrected chi connectivity index (χ1v) is 9.40. The molecular weight excluding hydrogens is 294 g/mol. The minimum atomic E-state index is 0.178.